The number of halogens is 3. The highest BCUT2D eigenvalue weighted by molar-refractivity contribution is 5.97. The molecule has 0 fully saturated rings. The predicted molar refractivity (Wildman–Crippen MR) is 85.3 cm³/mol. The van der Waals surface area contributed by atoms with Gasteiger partial charge in [0.05, 0.1) is 23.0 Å². The zero-order valence-corrected chi connectivity index (χ0v) is 13.6. The highest BCUT2D eigenvalue weighted by Gasteiger charge is 2.35. The lowest BCUT2D eigenvalue weighted by atomic mass is 10.1. The molecule has 0 unspecified atom stereocenters. The van der Waals surface area contributed by atoms with Gasteiger partial charge in [-0.3, -0.25) is 4.79 Å². The van der Waals surface area contributed by atoms with Gasteiger partial charge in [-0.2, -0.15) is 18.4 Å². The molecule has 0 saturated carbocycles. The summed E-state index contributed by atoms with van der Waals surface area (Å²) in [5, 5.41) is 21.1. The van der Waals surface area contributed by atoms with E-state index in [1.807, 2.05) is 0 Å². The van der Waals surface area contributed by atoms with E-state index in [1.54, 1.807) is 6.92 Å². The monoisotopic (exact) mass is 354 g/mol. The normalized spacial score (nSPS) is 14.2. The standard InChI is InChI=1S/C17H17F3N2O3/c1-4-5-11(2)25-10-16(3,24)15(23)22-13-7-6-12(9-21)14(8-13)17(18,19)20/h4-8,24H,1,10H2,2-3H3,(H,22,23)/b11-5+/t16-/m0/s1. The number of hydrogen-bond acceptors (Lipinski definition) is 4. The number of carbonyl (C=O) groups is 1. The maximum Gasteiger partial charge on any atom is 0.417 e. The minimum Gasteiger partial charge on any atom is -0.495 e. The Morgan fingerprint density at radius 3 is 2.64 bits per heavy atom. The Bertz CT molecular complexity index is 732. The van der Waals surface area contributed by atoms with Crippen LogP contribution in [0.4, 0.5) is 18.9 Å². The largest absolute Gasteiger partial charge is 0.495 e. The number of nitrogens with zero attached hydrogens (tertiary/aromatic N) is 1. The summed E-state index contributed by atoms with van der Waals surface area (Å²) in [4.78, 5) is 12.1. The number of allylic oxidation sites excluding steroid dienone is 3. The van der Waals surface area contributed by atoms with E-state index < -0.39 is 35.4 Å². The summed E-state index contributed by atoms with van der Waals surface area (Å²) < 4.78 is 43.9. The fourth-order valence-corrected chi connectivity index (χ4v) is 1.75. The molecule has 134 valence electrons. The lowest BCUT2D eigenvalue weighted by Crippen LogP contribution is -2.44. The van der Waals surface area contributed by atoms with Crippen LogP contribution in [0.15, 0.2) is 42.7 Å². The summed E-state index contributed by atoms with van der Waals surface area (Å²) in [6.07, 6.45) is -1.77. The van der Waals surface area contributed by atoms with Crippen molar-refractivity contribution in [3.8, 4) is 6.07 Å². The van der Waals surface area contributed by atoms with E-state index in [1.165, 1.54) is 18.2 Å². The third-order valence-electron chi connectivity index (χ3n) is 3.13. The smallest absolute Gasteiger partial charge is 0.417 e. The summed E-state index contributed by atoms with van der Waals surface area (Å²) in [5.74, 6) is -0.544. The first-order valence-electron chi connectivity index (χ1n) is 7.08. The quantitative estimate of drug-likeness (QED) is 0.606. The number of ether oxygens (including phenoxy) is 1. The predicted octanol–water partition coefficient (Wildman–Crippen LogP) is 3.37. The number of alkyl halides is 3. The summed E-state index contributed by atoms with van der Waals surface area (Å²) in [6, 6.07) is 4.17. The van der Waals surface area contributed by atoms with Gasteiger partial charge in [0.1, 0.15) is 6.61 Å². The van der Waals surface area contributed by atoms with E-state index in [0.29, 0.717) is 11.8 Å². The van der Waals surface area contributed by atoms with Gasteiger partial charge >= 0.3 is 6.18 Å². The van der Waals surface area contributed by atoms with Crippen LogP contribution in [-0.4, -0.2) is 23.2 Å². The van der Waals surface area contributed by atoms with E-state index in [2.05, 4.69) is 11.9 Å². The first-order chi connectivity index (χ1) is 11.5. The summed E-state index contributed by atoms with van der Waals surface area (Å²) in [5.41, 5.74) is -3.92. The van der Waals surface area contributed by atoms with Crippen molar-refractivity contribution in [2.75, 3.05) is 11.9 Å². The Labute approximate surface area is 143 Å². The number of aliphatic hydroxyl groups is 1. The third kappa shape index (κ3) is 5.65. The van der Waals surface area contributed by atoms with Crippen LogP contribution < -0.4 is 5.32 Å². The van der Waals surface area contributed by atoms with Gasteiger partial charge in [-0.15, -0.1) is 0 Å². The highest BCUT2D eigenvalue weighted by atomic mass is 19.4. The van der Waals surface area contributed by atoms with Crippen molar-refractivity contribution in [3.05, 3.63) is 53.8 Å². The maximum absolute atomic E-state index is 12.9. The van der Waals surface area contributed by atoms with E-state index in [0.717, 1.165) is 19.1 Å². The fourth-order valence-electron chi connectivity index (χ4n) is 1.75. The molecule has 25 heavy (non-hydrogen) atoms. The van der Waals surface area contributed by atoms with Crippen molar-refractivity contribution in [2.24, 2.45) is 0 Å². The molecular formula is C17H17F3N2O3. The zero-order valence-electron chi connectivity index (χ0n) is 13.6. The molecule has 0 aliphatic rings. The van der Waals surface area contributed by atoms with E-state index >= 15 is 0 Å². The fraction of sp³-hybridized carbons (Fsp3) is 0.294. The Morgan fingerprint density at radius 2 is 2.12 bits per heavy atom. The molecule has 0 bridgehead atoms. The van der Waals surface area contributed by atoms with Crippen LogP contribution in [0.1, 0.15) is 25.0 Å². The zero-order chi connectivity index (χ0) is 19.3. The molecule has 1 aromatic carbocycles. The lowest BCUT2D eigenvalue weighted by molar-refractivity contribution is -0.138. The van der Waals surface area contributed by atoms with Gasteiger partial charge in [-0.1, -0.05) is 12.7 Å². The van der Waals surface area contributed by atoms with Crippen LogP contribution in [0.5, 0.6) is 0 Å². The van der Waals surface area contributed by atoms with Crippen molar-refractivity contribution >= 4 is 11.6 Å². The van der Waals surface area contributed by atoms with E-state index in [-0.39, 0.29) is 5.69 Å². The molecule has 8 heteroatoms. The average molecular weight is 354 g/mol. The SMILES string of the molecule is C=C/C=C(\C)OC[C@](C)(O)C(=O)Nc1ccc(C#N)c(C(F)(F)F)c1. The second kappa shape index (κ2) is 7.85. The number of hydrogen-bond donors (Lipinski definition) is 2. The Balaban J connectivity index is 2.94. The Hall–Kier alpha value is -2.79. The molecule has 1 amide bonds. The number of amides is 1. The number of carbonyl (C=O) groups excluding carboxylic acids is 1. The molecule has 1 aromatic rings. The van der Waals surface area contributed by atoms with Crippen LogP contribution in [-0.2, 0) is 15.7 Å². The molecule has 1 rings (SSSR count). The average Bonchev–Trinajstić information content (AvgIpc) is 2.52. The van der Waals surface area contributed by atoms with Crippen LogP contribution in [0.25, 0.3) is 0 Å². The van der Waals surface area contributed by atoms with Crippen molar-refractivity contribution in [1.29, 1.82) is 5.26 Å². The summed E-state index contributed by atoms with van der Waals surface area (Å²) in [6.45, 7) is 5.81. The van der Waals surface area contributed by atoms with Crippen LogP contribution in [0.2, 0.25) is 0 Å². The van der Waals surface area contributed by atoms with Gasteiger partial charge in [0.25, 0.3) is 5.91 Å². The van der Waals surface area contributed by atoms with Crippen LogP contribution >= 0.6 is 0 Å². The van der Waals surface area contributed by atoms with E-state index in [9.17, 15) is 23.1 Å². The third-order valence-corrected chi connectivity index (χ3v) is 3.13. The molecular weight excluding hydrogens is 337 g/mol. The van der Waals surface area contributed by atoms with Gasteiger partial charge in [0.2, 0.25) is 0 Å². The minimum atomic E-state index is -4.75. The molecule has 0 radical (unpaired) electrons. The van der Waals surface area contributed by atoms with Crippen LogP contribution in [0, 0.1) is 11.3 Å². The van der Waals surface area contributed by atoms with Gasteiger partial charge in [0.15, 0.2) is 5.60 Å². The van der Waals surface area contributed by atoms with Gasteiger partial charge in [-0.25, -0.2) is 0 Å². The number of benzene rings is 1. The second-order valence-corrected chi connectivity index (χ2v) is 5.40. The Kier molecular flexibility index (Phi) is 6.36. The van der Waals surface area contributed by atoms with Gasteiger partial charge < -0.3 is 15.2 Å². The molecule has 0 aliphatic carbocycles. The molecule has 2 N–H and O–H groups in total. The number of nitrogens with one attached hydrogen (secondary N) is 1. The number of rotatable bonds is 6. The second-order valence-electron chi connectivity index (χ2n) is 5.40. The first-order valence-corrected chi connectivity index (χ1v) is 7.08. The van der Waals surface area contributed by atoms with E-state index in [4.69, 9.17) is 10.00 Å². The topological polar surface area (TPSA) is 82.3 Å². The molecule has 0 aromatic heterocycles. The summed E-state index contributed by atoms with van der Waals surface area (Å²) in [7, 11) is 0. The van der Waals surface area contributed by atoms with Crippen molar-refractivity contribution in [1.82, 2.24) is 0 Å². The summed E-state index contributed by atoms with van der Waals surface area (Å²) >= 11 is 0. The van der Waals surface area contributed by atoms with Crippen molar-refractivity contribution in [3.63, 3.8) is 0 Å². The molecule has 0 spiro atoms. The van der Waals surface area contributed by atoms with Crippen molar-refractivity contribution < 1.29 is 27.8 Å². The highest BCUT2D eigenvalue weighted by Crippen LogP contribution is 2.33. The minimum absolute atomic E-state index is 0.199. The van der Waals surface area contributed by atoms with Gasteiger partial charge in [-0.05, 0) is 38.1 Å². The van der Waals surface area contributed by atoms with Crippen molar-refractivity contribution in [2.45, 2.75) is 25.6 Å². The Morgan fingerprint density at radius 1 is 1.48 bits per heavy atom. The number of anilines is 1. The first kappa shape index (κ1) is 20.3. The molecule has 0 aliphatic heterocycles. The van der Waals surface area contributed by atoms with Gasteiger partial charge in [0, 0.05) is 5.69 Å². The molecule has 0 heterocycles. The number of nitriles is 1. The molecule has 5 nitrogen and oxygen atoms in total. The van der Waals surface area contributed by atoms with Crippen LogP contribution in [0.3, 0.4) is 0 Å². The molecule has 1 atom stereocenters. The molecule has 0 saturated heterocycles. The maximum atomic E-state index is 12.9. The lowest BCUT2D eigenvalue weighted by Gasteiger charge is -2.23.